The molecule has 2 N–H and O–H groups in total. The molecule has 0 aliphatic heterocycles. The van der Waals surface area contributed by atoms with Crippen LogP contribution in [0.3, 0.4) is 0 Å². The van der Waals surface area contributed by atoms with Crippen LogP contribution in [0.2, 0.25) is 0 Å². The van der Waals surface area contributed by atoms with Gasteiger partial charge in [-0.2, -0.15) is 4.98 Å². The maximum absolute atomic E-state index is 5.62. The van der Waals surface area contributed by atoms with E-state index in [0.717, 1.165) is 16.6 Å². The normalized spacial score (nSPS) is 15.6. The third-order valence-corrected chi connectivity index (χ3v) is 3.05. The molecular formula is C12H15N3O. The lowest BCUT2D eigenvalue weighted by molar-refractivity contribution is 0.360. The van der Waals surface area contributed by atoms with Crippen molar-refractivity contribution in [2.75, 3.05) is 7.11 Å². The van der Waals surface area contributed by atoms with Gasteiger partial charge >= 0.3 is 0 Å². The van der Waals surface area contributed by atoms with Crippen molar-refractivity contribution in [1.82, 2.24) is 9.55 Å². The van der Waals surface area contributed by atoms with Crippen LogP contribution in [0.15, 0.2) is 18.2 Å². The summed E-state index contributed by atoms with van der Waals surface area (Å²) in [4.78, 5) is 4.49. The molecule has 0 radical (unpaired) electrons. The fraction of sp³-hybridized carbons (Fsp3) is 0.417. The number of fused-ring (bicyclic) bond motifs is 1. The minimum Gasteiger partial charge on any atom is -0.468 e. The summed E-state index contributed by atoms with van der Waals surface area (Å²) in [6.45, 7) is 0.550. The second-order valence-electron chi connectivity index (χ2n) is 4.23. The Bertz CT molecular complexity index is 528. The van der Waals surface area contributed by atoms with Crippen molar-refractivity contribution >= 4 is 11.0 Å². The predicted molar refractivity (Wildman–Crippen MR) is 62.4 cm³/mol. The molecule has 16 heavy (non-hydrogen) atoms. The van der Waals surface area contributed by atoms with Gasteiger partial charge in [-0.3, -0.25) is 4.57 Å². The molecule has 1 aromatic carbocycles. The van der Waals surface area contributed by atoms with E-state index in [4.69, 9.17) is 10.5 Å². The van der Waals surface area contributed by atoms with Crippen LogP contribution < -0.4 is 10.5 Å². The van der Waals surface area contributed by atoms with Gasteiger partial charge in [0.25, 0.3) is 6.01 Å². The van der Waals surface area contributed by atoms with Gasteiger partial charge in [0.15, 0.2) is 0 Å². The third-order valence-electron chi connectivity index (χ3n) is 3.05. The molecule has 1 aliphatic carbocycles. The highest BCUT2D eigenvalue weighted by molar-refractivity contribution is 5.78. The van der Waals surface area contributed by atoms with Crippen molar-refractivity contribution in [3.8, 4) is 6.01 Å². The van der Waals surface area contributed by atoms with Gasteiger partial charge < -0.3 is 10.5 Å². The number of imidazole rings is 1. The van der Waals surface area contributed by atoms with E-state index in [0.29, 0.717) is 18.6 Å². The van der Waals surface area contributed by atoms with Gasteiger partial charge in [0, 0.05) is 12.6 Å². The number of aromatic nitrogens is 2. The first-order valence-corrected chi connectivity index (χ1v) is 5.58. The fourth-order valence-electron chi connectivity index (χ4n) is 2.08. The van der Waals surface area contributed by atoms with Crippen LogP contribution in [0.4, 0.5) is 0 Å². The van der Waals surface area contributed by atoms with Gasteiger partial charge in [-0.25, -0.2) is 0 Å². The number of hydrogen-bond donors (Lipinski definition) is 1. The molecule has 3 rings (SSSR count). The van der Waals surface area contributed by atoms with E-state index in [9.17, 15) is 0 Å². The van der Waals surface area contributed by atoms with Gasteiger partial charge in [-0.05, 0) is 30.5 Å². The van der Waals surface area contributed by atoms with Gasteiger partial charge in [-0.1, -0.05) is 6.07 Å². The molecule has 2 aromatic rings. The van der Waals surface area contributed by atoms with Crippen molar-refractivity contribution in [2.45, 2.75) is 25.4 Å². The van der Waals surface area contributed by atoms with E-state index in [2.05, 4.69) is 21.7 Å². The summed E-state index contributed by atoms with van der Waals surface area (Å²) in [5.74, 6) is 0. The Balaban J connectivity index is 2.21. The first-order valence-electron chi connectivity index (χ1n) is 5.58. The zero-order chi connectivity index (χ0) is 11.1. The Hall–Kier alpha value is -1.55. The number of benzene rings is 1. The molecule has 0 unspecified atom stereocenters. The van der Waals surface area contributed by atoms with E-state index in [1.165, 1.54) is 12.8 Å². The number of rotatable bonds is 3. The SMILES string of the molecule is COc1nc2cc(CN)ccc2n1C1CC1. The summed E-state index contributed by atoms with van der Waals surface area (Å²) < 4.78 is 7.52. The second-order valence-corrected chi connectivity index (χ2v) is 4.23. The van der Waals surface area contributed by atoms with E-state index in [1.807, 2.05) is 6.07 Å². The molecule has 0 atom stereocenters. The molecule has 0 bridgehead atoms. The van der Waals surface area contributed by atoms with Gasteiger partial charge in [0.05, 0.1) is 18.1 Å². The van der Waals surface area contributed by atoms with Crippen LogP contribution >= 0.6 is 0 Å². The Morgan fingerprint density at radius 1 is 1.50 bits per heavy atom. The maximum Gasteiger partial charge on any atom is 0.297 e. The Labute approximate surface area is 94.0 Å². The molecule has 1 fully saturated rings. The van der Waals surface area contributed by atoms with Crippen LogP contribution in [-0.2, 0) is 6.54 Å². The van der Waals surface area contributed by atoms with Gasteiger partial charge in [0.1, 0.15) is 0 Å². The number of ether oxygens (including phenoxy) is 1. The lowest BCUT2D eigenvalue weighted by atomic mass is 10.2. The van der Waals surface area contributed by atoms with Crippen molar-refractivity contribution < 1.29 is 4.74 Å². The minimum absolute atomic E-state index is 0.550. The van der Waals surface area contributed by atoms with E-state index < -0.39 is 0 Å². The highest BCUT2D eigenvalue weighted by Gasteiger charge is 2.28. The number of methoxy groups -OCH3 is 1. The summed E-state index contributed by atoms with van der Waals surface area (Å²) in [6, 6.07) is 7.47. The lowest BCUT2D eigenvalue weighted by Crippen LogP contribution is -1.98. The summed E-state index contributed by atoms with van der Waals surface area (Å²) >= 11 is 0. The Kier molecular flexibility index (Phi) is 2.11. The van der Waals surface area contributed by atoms with Crippen molar-refractivity contribution in [3.63, 3.8) is 0 Å². The first-order chi connectivity index (χ1) is 7.83. The summed E-state index contributed by atoms with van der Waals surface area (Å²) in [5.41, 5.74) is 8.86. The zero-order valence-corrected chi connectivity index (χ0v) is 9.31. The van der Waals surface area contributed by atoms with Crippen LogP contribution in [-0.4, -0.2) is 16.7 Å². The van der Waals surface area contributed by atoms with Crippen LogP contribution in [0.25, 0.3) is 11.0 Å². The van der Waals surface area contributed by atoms with Gasteiger partial charge in [0.2, 0.25) is 0 Å². The van der Waals surface area contributed by atoms with E-state index in [-0.39, 0.29) is 0 Å². The monoisotopic (exact) mass is 217 g/mol. The molecule has 4 heteroatoms. The van der Waals surface area contributed by atoms with Crippen molar-refractivity contribution in [3.05, 3.63) is 23.8 Å². The molecule has 0 saturated heterocycles. The zero-order valence-electron chi connectivity index (χ0n) is 9.31. The van der Waals surface area contributed by atoms with Gasteiger partial charge in [-0.15, -0.1) is 0 Å². The molecule has 1 heterocycles. The first kappa shape index (κ1) is 9.66. The molecule has 0 spiro atoms. The third kappa shape index (κ3) is 1.38. The highest BCUT2D eigenvalue weighted by atomic mass is 16.5. The van der Waals surface area contributed by atoms with E-state index >= 15 is 0 Å². The summed E-state index contributed by atoms with van der Waals surface area (Å²) in [6.07, 6.45) is 2.45. The van der Waals surface area contributed by atoms with Crippen molar-refractivity contribution in [2.24, 2.45) is 5.73 Å². The average molecular weight is 217 g/mol. The molecule has 0 amide bonds. The number of nitrogens with two attached hydrogens (primary N) is 1. The second kappa shape index (κ2) is 3.49. The molecule has 84 valence electrons. The van der Waals surface area contributed by atoms with Crippen LogP contribution in [0, 0.1) is 0 Å². The largest absolute Gasteiger partial charge is 0.468 e. The Morgan fingerprint density at radius 2 is 2.31 bits per heavy atom. The standard InChI is InChI=1S/C12H15N3O/c1-16-12-14-10-6-8(7-13)2-5-11(10)15(12)9-3-4-9/h2,5-6,9H,3-4,7,13H2,1H3. The van der Waals surface area contributed by atoms with Crippen LogP contribution in [0.5, 0.6) is 6.01 Å². The molecule has 1 aliphatic rings. The molecule has 4 nitrogen and oxygen atoms in total. The number of nitrogens with zero attached hydrogens (tertiary/aromatic N) is 2. The quantitative estimate of drug-likeness (QED) is 0.853. The average Bonchev–Trinajstić information content (AvgIpc) is 3.08. The van der Waals surface area contributed by atoms with Crippen LogP contribution in [0.1, 0.15) is 24.4 Å². The molecule has 1 saturated carbocycles. The number of hydrogen-bond acceptors (Lipinski definition) is 3. The lowest BCUT2D eigenvalue weighted by Gasteiger charge is -2.05. The summed E-state index contributed by atoms with van der Waals surface area (Å²) in [7, 11) is 1.67. The Morgan fingerprint density at radius 3 is 2.94 bits per heavy atom. The van der Waals surface area contributed by atoms with E-state index in [1.54, 1.807) is 7.11 Å². The fourth-order valence-corrected chi connectivity index (χ4v) is 2.08. The minimum atomic E-state index is 0.550. The topological polar surface area (TPSA) is 53.1 Å². The molecule has 1 aromatic heterocycles. The predicted octanol–water partition coefficient (Wildman–Crippen LogP) is 1.84. The molecular weight excluding hydrogens is 202 g/mol. The highest BCUT2D eigenvalue weighted by Crippen LogP contribution is 2.40. The van der Waals surface area contributed by atoms with Crippen molar-refractivity contribution in [1.29, 1.82) is 0 Å². The smallest absolute Gasteiger partial charge is 0.297 e. The maximum atomic E-state index is 5.62. The summed E-state index contributed by atoms with van der Waals surface area (Å²) in [5, 5.41) is 0.